The Bertz CT molecular complexity index is 1080. The van der Waals surface area contributed by atoms with Gasteiger partial charge in [0, 0.05) is 29.7 Å². The normalized spacial score (nSPS) is 10.7. The summed E-state index contributed by atoms with van der Waals surface area (Å²) in [6.45, 7) is 5.88. The maximum absolute atomic E-state index is 9.55. The van der Waals surface area contributed by atoms with E-state index in [1.807, 2.05) is 18.3 Å². The molecule has 0 unspecified atom stereocenters. The van der Waals surface area contributed by atoms with Gasteiger partial charge >= 0.3 is 0 Å². The average Bonchev–Trinajstić information content (AvgIpc) is 2.81. The van der Waals surface area contributed by atoms with Gasteiger partial charge in [-0.15, -0.1) is 0 Å². The van der Waals surface area contributed by atoms with E-state index in [9.17, 15) is 5.26 Å². The lowest BCUT2D eigenvalue weighted by molar-refractivity contribution is 0.0243. The van der Waals surface area contributed by atoms with Crippen LogP contribution in [0.5, 0.6) is 5.88 Å². The number of aliphatic hydroxyl groups is 1. The Morgan fingerprint density at radius 1 is 0.875 bits per heavy atom. The molecule has 0 amide bonds. The number of aliphatic hydroxyl groups excluding tert-OH is 1. The Kier molecular flexibility index (Phi) is 8.70. The number of hydrogen-bond donors (Lipinski definition) is 1. The zero-order valence-corrected chi connectivity index (χ0v) is 18.4. The number of rotatable bonds is 11. The van der Waals surface area contributed by atoms with Crippen LogP contribution in [-0.2, 0) is 9.47 Å². The van der Waals surface area contributed by atoms with Crippen LogP contribution in [-0.4, -0.2) is 54.7 Å². The van der Waals surface area contributed by atoms with Crippen LogP contribution in [0.3, 0.4) is 0 Å². The van der Waals surface area contributed by atoms with Crippen LogP contribution in [0.2, 0.25) is 0 Å². The Hall–Kier alpha value is -3.31. The highest BCUT2D eigenvalue weighted by atomic mass is 16.5. The first-order valence-electron chi connectivity index (χ1n) is 10.5. The van der Waals surface area contributed by atoms with Gasteiger partial charge in [-0.3, -0.25) is 4.98 Å². The number of aromatic nitrogens is 2. The summed E-state index contributed by atoms with van der Waals surface area (Å²) in [5, 5.41) is 18.2. The molecule has 2 aromatic heterocycles. The highest BCUT2D eigenvalue weighted by Crippen LogP contribution is 2.31. The van der Waals surface area contributed by atoms with E-state index in [2.05, 4.69) is 42.0 Å². The number of nitriles is 1. The average molecular weight is 434 g/mol. The van der Waals surface area contributed by atoms with E-state index in [1.54, 1.807) is 18.5 Å². The molecule has 1 aromatic carbocycles. The Morgan fingerprint density at radius 2 is 1.66 bits per heavy atom. The summed E-state index contributed by atoms with van der Waals surface area (Å²) in [5.74, 6) is 0.288. The standard InChI is InChI=1S/C25H27N3O4/c1-18-5-6-27-17-24(18)23-4-3-20(13-19(23)2)22-14-21(15-26)25(28-16-22)32-12-11-31-10-9-30-8-7-29/h3-6,13-14,16-17,29H,7-12H2,1-2H3. The van der Waals surface area contributed by atoms with Crippen molar-refractivity contribution in [2.24, 2.45) is 0 Å². The van der Waals surface area contributed by atoms with Gasteiger partial charge in [0.25, 0.3) is 0 Å². The fourth-order valence-corrected chi connectivity index (χ4v) is 3.28. The van der Waals surface area contributed by atoms with Crippen LogP contribution in [0.1, 0.15) is 16.7 Å². The Morgan fingerprint density at radius 3 is 2.38 bits per heavy atom. The van der Waals surface area contributed by atoms with Gasteiger partial charge in [-0.1, -0.05) is 18.2 Å². The number of pyridine rings is 2. The van der Waals surface area contributed by atoms with E-state index in [1.165, 1.54) is 5.56 Å². The Labute approximate surface area is 188 Å². The highest BCUT2D eigenvalue weighted by molar-refractivity contribution is 5.75. The third kappa shape index (κ3) is 6.11. The number of benzene rings is 1. The molecule has 0 fully saturated rings. The van der Waals surface area contributed by atoms with Crippen LogP contribution in [0.15, 0.2) is 48.9 Å². The molecule has 32 heavy (non-hydrogen) atoms. The van der Waals surface area contributed by atoms with E-state index in [4.69, 9.17) is 19.3 Å². The highest BCUT2D eigenvalue weighted by Gasteiger charge is 2.11. The SMILES string of the molecule is Cc1cc(-c2cnc(OCCOCCOCCO)c(C#N)c2)ccc1-c1cnccc1C. The summed E-state index contributed by atoms with van der Waals surface area (Å²) in [6, 6.07) is 12.1. The van der Waals surface area contributed by atoms with E-state index in [0.717, 1.165) is 27.8 Å². The van der Waals surface area contributed by atoms with Crippen LogP contribution >= 0.6 is 0 Å². The molecule has 0 aliphatic carbocycles. The second-order valence-corrected chi connectivity index (χ2v) is 7.21. The minimum absolute atomic E-state index is 0.00436. The van der Waals surface area contributed by atoms with E-state index in [-0.39, 0.29) is 19.1 Å². The molecular weight excluding hydrogens is 406 g/mol. The van der Waals surface area contributed by atoms with E-state index >= 15 is 0 Å². The number of aryl methyl sites for hydroxylation is 2. The van der Waals surface area contributed by atoms with Gasteiger partial charge in [0.15, 0.2) is 0 Å². The summed E-state index contributed by atoms with van der Waals surface area (Å²) in [5.41, 5.74) is 6.75. The van der Waals surface area contributed by atoms with E-state index in [0.29, 0.717) is 32.0 Å². The summed E-state index contributed by atoms with van der Waals surface area (Å²) >= 11 is 0. The van der Waals surface area contributed by atoms with Crippen molar-refractivity contribution in [3.8, 4) is 34.2 Å². The van der Waals surface area contributed by atoms with Gasteiger partial charge < -0.3 is 19.3 Å². The fraction of sp³-hybridized carbons (Fsp3) is 0.320. The molecule has 1 N–H and O–H groups in total. The first-order chi connectivity index (χ1) is 15.6. The largest absolute Gasteiger partial charge is 0.474 e. The summed E-state index contributed by atoms with van der Waals surface area (Å²) in [6.07, 6.45) is 5.38. The van der Waals surface area contributed by atoms with Crippen LogP contribution in [0, 0.1) is 25.2 Å². The molecule has 0 atom stereocenters. The topological polar surface area (TPSA) is 97.5 Å². The van der Waals surface area contributed by atoms with Crippen molar-refractivity contribution in [3.63, 3.8) is 0 Å². The zero-order valence-electron chi connectivity index (χ0n) is 18.4. The van der Waals surface area contributed by atoms with Crippen molar-refractivity contribution in [1.82, 2.24) is 9.97 Å². The number of ether oxygens (including phenoxy) is 3. The monoisotopic (exact) mass is 433 g/mol. The quantitative estimate of drug-likeness (QED) is 0.461. The molecule has 3 aromatic rings. The zero-order chi connectivity index (χ0) is 22.8. The Balaban J connectivity index is 1.65. The van der Waals surface area contributed by atoms with Gasteiger partial charge in [-0.05, 0) is 48.2 Å². The van der Waals surface area contributed by atoms with Crippen LogP contribution in [0.25, 0.3) is 22.3 Å². The predicted molar refractivity (Wildman–Crippen MR) is 121 cm³/mol. The van der Waals surface area contributed by atoms with Gasteiger partial charge in [-0.25, -0.2) is 4.98 Å². The van der Waals surface area contributed by atoms with Gasteiger partial charge in [0.05, 0.1) is 33.0 Å². The molecule has 0 bridgehead atoms. The third-order valence-electron chi connectivity index (χ3n) is 4.93. The van der Waals surface area contributed by atoms with Crippen molar-refractivity contribution in [1.29, 1.82) is 5.26 Å². The minimum Gasteiger partial charge on any atom is -0.474 e. The molecule has 7 heteroatoms. The predicted octanol–water partition coefficient (Wildman–Crippen LogP) is 3.70. The van der Waals surface area contributed by atoms with Crippen LogP contribution < -0.4 is 4.74 Å². The summed E-state index contributed by atoms with van der Waals surface area (Å²) in [4.78, 5) is 8.59. The molecule has 0 aliphatic rings. The van der Waals surface area contributed by atoms with Crippen molar-refractivity contribution < 1.29 is 19.3 Å². The molecule has 0 aliphatic heterocycles. The first kappa shape index (κ1) is 23.4. The van der Waals surface area contributed by atoms with E-state index < -0.39 is 0 Å². The maximum atomic E-state index is 9.55. The lowest BCUT2D eigenvalue weighted by Crippen LogP contribution is -2.12. The van der Waals surface area contributed by atoms with Gasteiger partial charge in [0.1, 0.15) is 18.2 Å². The second kappa shape index (κ2) is 11.9. The molecule has 3 rings (SSSR count). The molecule has 0 spiro atoms. The number of hydrogen-bond acceptors (Lipinski definition) is 7. The molecule has 0 saturated carbocycles. The first-order valence-corrected chi connectivity index (χ1v) is 10.5. The molecular formula is C25H27N3O4. The van der Waals surface area contributed by atoms with Gasteiger partial charge in [0.2, 0.25) is 5.88 Å². The molecule has 2 heterocycles. The molecule has 0 radical (unpaired) electrons. The van der Waals surface area contributed by atoms with Crippen molar-refractivity contribution in [2.75, 3.05) is 39.6 Å². The third-order valence-corrected chi connectivity index (χ3v) is 4.93. The molecule has 0 saturated heterocycles. The van der Waals surface area contributed by atoms with Crippen molar-refractivity contribution >= 4 is 0 Å². The minimum atomic E-state index is -0.00436. The lowest BCUT2D eigenvalue weighted by Gasteiger charge is -2.12. The number of nitrogens with zero attached hydrogens (tertiary/aromatic N) is 3. The molecule has 166 valence electrons. The summed E-state index contributed by atoms with van der Waals surface area (Å²) in [7, 11) is 0. The lowest BCUT2D eigenvalue weighted by atomic mass is 9.95. The summed E-state index contributed by atoms with van der Waals surface area (Å²) < 4.78 is 16.1. The molecule has 7 nitrogen and oxygen atoms in total. The van der Waals surface area contributed by atoms with Crippen molar-refractivity contribution in [3.05, 3.63) is 65.6 Å². The fourth-order valence-electron chi connectivity index (χ4n) is 3.28. The smallest absolute Gasteiger partial charge is 0.231 e. The van der Waals surface area contributed by atoms with Crippen LogP contribution in [0.4, 0.5) is 0 Å². The van der Waals surface area contributed by atoms with Crippen molar-refractivity contribution in [2.45, 2.75) is 13.8 Å². The van der Waals surface area contributed by atoms with Gasteiger partial charge in [-0.2, -0.15) is 5.26 Å². The maximum Gasteiger partial charge on any atom is 0.231 e. The second-order valence-electron chi connectivity index (χ2n) is 7.21.